The summed E-state index contributed by atoms with van der Waals surface area (Å²) in [5.41, 5.74) is 8.33. The van der Waals surface area contributed by atoms with Crippen LogP contribution in [0.25, 0.3) is 16.3 Å². The Kier molecular flexibility index (Phi) is 4.87. The first-order valence-corrected chi connectivity index (χ1v) is 13.8. The Morgan fingerprint density at radius 1 is 0.825 bits per heavy atom. The maximum absolute atomic E-state index is 14.0. The maximum Gasteiger partial charge on any atom is 0.145 e. The van der Waals surface area contributed by atoms with Crippen LogP contribution in [0.3, 0.4) is 0 Å². The third-order valence-corrected chi connectivity index (χ3v) is 8.98. The van der Waals surface area contributed by atoms with Crippen LogP contribution >= 0.6 is 0 Å². The molecule has 1 aromatic heterocycles. The van der Waals surface area contributed by atoms with Crippen molar-refractivity contribution < 1.29 is 4.39 Å². The van der Waals surface area contributed by atoms with E-state index in [1.807, 2.05) is 36.5 Å². The Balaban J connectivity index is 1.35. The van der Waals surface area contributed by atoms with E-state index < -0.39 is 0 Å². The van der Waals surface area contributed by atoms with Gasteiger partial charge in [-0.05, 0) is 71.1 Å². The molecule has 3 aliphatic rings. The number of benzene rings is 4. The van der Waals surface area contributed by atoms with Gasteiger partial charge in [-0.25, -0.2) is 9.37 Å². The highest BCUT2D eigenvalue weighted by molar-refractivity contribution is 6.00. The van der Waals surface area contributed by atoms with Gasteiger partial charge in [0.15, 0.2) is 0 Å². The first kappa shape index (κ1) is 23.2. The summed E-state index contributed by atoms with van der Waals surface area (Å²) >= 11 is 0. The molecule has 0 spiro atoms. The van der Waals surface area contributed by atoms with Gasteiger partial charge in [-0.15, -0.1) is 0 Å². The van der Waals surface area contributed by atoms with Crippen LogP contribution in [0.1, 0.15) is 25.0 Å². The zero-order chi connectivity index (χ0) is 27.0. The molecule has 4 aromatic carbocycles. The van der Waals surface area contributed by atoms with Crippen LogP contribution in [0, 0.1) is 11.7 Å². The van der Waals surface area contributed by atoms with E-state index in [-0.39, 0.29) is 17.3 Å². The summed E-state index contributed by atoms with van der Waals surface area (Å²) in [7, 11) is 0. The van der Waals surface area contributed by atoms with Crippen molar-refractivity contribution in [3.05, 3.63) is 138 Å². The van der Waals surface area contributed by atoms with Gasteiger partial charge in [0.05, 0.1) is 6.04 Å². The molecule has 8 rings (SSSR count). The van der Waals surface area contributed by atoms with Crippen LogP contribution in [0.4, 0.5) is 33.0 Å². The molecule has 0 fully saturated rings. The van der Waals surface area contributed by atoms with Crippen LogP contribution in [0.15, 0.2) is 121 Å². The number of nitrogens with zero attached hydrogens (tertiary/aromatic N) is 3. The van der Waals surface area contributed by atoms with Crippen LogP contribution in [-0.2, 0) is 5.41 Å². The quantitative estimate of drug-likeness (QED) is 0.236. The molecule has 1 aliphatic carbocycles. The van der Waals surface area contributed by atoms with Gasteiger partial charge in [0, 0.05) is 51.2 Å². The van der Waals surface area contributed by atoms with E-state index in [1.54, 1.807) is 0 Å². The third-order valence-electron chi connectivity index (χ3n) is 8.98. The zero-order valence-corrected chi connectivity index (χ0v) is 22.4. The van der Waals surface area contributed by atoms with E-state index in [1.165, 1.54) is 40.2 Å². The molecule has 40 heavy (non-hydrogen) atoms. The molecule has 194 valence electrons. The van der Waals surface area contributed by atoms with Crippen LogP contribution in [0.5, 0.6) is 0 Å². The Bertz CT molecular complexity index is 1860. The van der Waals surface area contributed by atoms with Crippen molar-refractivity contribution in [2.24, 2.45) is 5.92 Å². The number of anilines is 5. The van der Waals surface area contributed by atoms with Gasteiger partial charge >= 0.3 is 0 Å². The molecule has 0 amide bonds. The maximum atomic E-state index is 14.0. The normalized spacial score (nSPS) is 19.6. The number of allylic oxidation sites excluding steroid dienone is 2. The van der Waals surface area contributed by atoms with E-state index in [2.05, 4.69) is 96.5 Å². The van der Waals surface area contributed by atoms with E-state index in [0.29, 0.717) is 5.92 Å². The Morgan fingerprint density at radius 2 is 1.60 bits per heavy atom. The smallest absolute Gasteiger partial charge is 0.145 e. The largest absolute Gasteiger partial charge is 0.332 e. The Hall–Kier alpha value is -4.70. The van der Waals surface area contributed by atoms with Gasteiger partial charge in [-0.1, -0.05) is 74.5 Å². The summed E-state index contributed by atoms with van der Waals surface area (Å²) < 4.78 is 14.0. The molecule has 2 unspecified atom stereocenters. The van der Waals surface area contributed by atoms with Crippen molar-refractivity contribution >= 4 is 44.9 Å². The van der Waals surface area contributed by atoms with Crippen molar-refractivity contribution in [1.82, 2.24) is 4.98 Å². The lowest BCUT2D eigenvalue weighted by Gasteiger charge is -2.49. The number of hydrogen-bond donors (Lipinski definition) is 0. The molecule has 2 aliphatic heterocycles. The lowest BCUT2D eigenvalue weighted by molar-refractivity contribution is 0.341. The first-order chi connectivity index (χ1) is 19.5. The number of fused-ring (bicyclic) bond motifs is 6. The predicted molar refractivity (Wildman–Crippen MR) is 162 cm³/mol. The molecule has 0 radical (unpaired) electrons. The number of halogens is 1. The summed E-state index contributed by atoms with van der Waals surface area (Å²) in [5.74, 6) is 0.917. The first-order valence-electron chi connectivity index (χ1n) is 13.8. The highest BCUT2D eigenvalue weighted by atomic mass is 19.1. The minimum Gasteiger partial charge on any atom is -0.332 e. The lowest BCUT2D eigenvalue weighted by atomic mass is 9.64. The topological polar surface area (TPSA) is 19.4 Å². The van der Waals surface area contributed by atoms with Gasteiger partial charge in [0.1, 0.15) is 11.6 Å². The minimum atomic E-state index is -0.258. The fourth-order valence-electron chi connectivity index (χ4n) is 7.07. The lowest BCUT2D eigenvalue weighted by Crippen LogP contribution is -2.48. The summed E-state index contributed by atoms with van der Waals surface area (Å²) in [6.45, 7) is 4.75. The second-order valence-corrected chi connectivity index (χ2v) is 11.5. The van der Waals surface area contributed by atoms with Crippen LogP contribution in [-0.4, -0.2) is 11.0 Å². The average Bonchev–Trinajstić information content (AvgIpc) is 3.32. The number of aromatic nitrogens is 1. The predicted octanol–water partition coefficient (Wildman–Crippen LogP) is 9.22. The van der Waals surface area contributed by atoms with Gasteiger partial charge < -0.3 is 4.90 Å². The molecule has 0 saturated carbocycles. The average molecular weight is 522 g/mol. The highest BCUT2D eigenvalue weighted by Crippen LogP contribution is 2.59. The molecule has 0 saturated heterocycles. The molecular formula is C36H28FN3. The fourth-order valence-corrected chi connectivity index (χ4v) is 7.07. The molecule has 3 nitrogen and oxygen atoms in total. The van der Waals surface area contributed by atoms with Crippen molar-refractivity contribution in [3.8, 4) is 0 Å². The van der Waals surface area contributed by atoms with E-state index in [0.717, 1.165) is 28.0 Å². The second kappa shape index (κ2) is 8.40. The summed E-state index contributed by atoms with van der Waals surface area (Å²) in [6.07, 6.45) is 8.75. The second-order valence-electron chi connectivity index (χ2n) is 11.5. The summed E-state index contributed by atoms with van der Waals surface area (Å²) in [6, 6.07) is 32.8. The molecular weight excluding hydrogens is 493 g/mol. The molecule has 4 heteroatoms. The SMILES string of the molecule is CC1(C)c2ccccc2N2c3ccc(N(c4ccc(F)cc4)c4nccc5ccccc45)cc3C3=CC=CC1C32. The van der Waals surface area contributed by atoms with Crippen LogP contribution in [0.2, 0.25) is 0 Å². The zero-order valence-electron chi connectivity index (χ0n) is 22.4. The molecule has 0 N–H and O–H groups in total. The Morgan fingerprint density at radius 3 is 2.48 bits per heavy atom. The van der Waals surface area contributed by atoms with Gasteiger partial charge in [0.2, 0.25) is 0 Å². The summed E-state index contributed by atoms with van der Waals surface area (Å²) in [5, 5.41) is 2.16. The highest BCUT2D eigenvalue weighted by Gasteiger charge is 2.51. The molecule has 0 bridgehead atoms. The number of hydrogen-bond acceptors (Lipinski definition) is 3. The summed E-state index contributed by atoms with van der Waals surface area (Å²) in [4.78, 5) is 9.54. The third kappa shape index (κ3) is 3.19. The number of rotatable bonds is 3. The van der Waals surface area contributed by atoms with Crippen molar-refractivity contribution in [1.29, 1.82) is 0 Å². The monoisotopic (exact) mass is 521 g/mol. The van der Waals surface area contributed by atoms with Gasteiger partial charge in [-0.2, -0.15) is 0 Å². The van der Waals surface area contributed by atoms with E-state index >= 15 is 0 Å². The van der Waals surface area contributed by atoms with Crippen molar-refractivity contribution in [2.45, 2.75) is 25.3 Å². The van der Waals surface area contributed by atoms with Gasteiger partial charge in [0.25, 0.3) is 0 Å². The Labute approximate surface area is 233 Å². The van der Waals surface area contributed by atoms with Crippen LogP contribution < -0.4 is 9.80 Å². The van der Waals surface area contributed by atoms with E-state index in [4.69, 9.17) is 4.98 Å². The fraction of sp³-hybridized carbons (Fsp3) is 0.139. The number of para-hydroxylation sites is 1. The van der Waals surface area contributed by atoms with Gasteiger partial charge in [-0.3, -0.25) is 4.90 Å². The standard InChI is InChI=1S/C36H28FN3/c1-36(2)30-11-5-6-13-33(30)40-32-19-18-26(22-29(32)28-10-7-12-31(36)34(28)40)39(25-16-14-24(37)15-17-25)35-27-9-4-3-8-23(27)20-21-38-35/h3-22,31,34H,1-2H3. The minimum absolute atomic E-state index is 0.00562. The molecule has 3 heterocycles. The van der Waals surface area contributed by atoms with Crippen molar-refractivity contribution in [2.75, 3.05) is 9.80 Å². The molecule has 5 aromatic rings. The van der Waals surface area contributed by atoms with Crippen molar-refractivity contribution in [3.63, 3.8) is 0 Å². The van der Waals surface area contributed by atoms with E-state index in [9.17, 15) is 4.39 Å². The number of pyridine rings is 1. The molecule has 2 atom stereocenters.